The average Bonchev–Trinajstić information content (AvgIpc) is 2.38. The van der Waals surface area contributed by atoms with Crippen LogP contribution in [0.15, 0.2) is 36.7 Å². The van der Waals surface area contributed by atoms with Gasteiger partial charge in [-0.15, -0.1) is 0 Å². The molecule has 0 atom stereocenters. The molecule has 0 bridgehead atoms. The first kappa shape index (κ1) is 14.2. The van der Waals surface area contributed by atoms with Crippen molar-refractivity contribution in [1.82, 2.24) is 4.98 Å². The summed E-state index contributed by atoms with van der Waals surface area (Å²) in [5, 5.41) is 11.0. The number of nitrogens with zero attached hydrogens (tertiary/aromatic N) is 2. The van der Waals surface area contributed by atoms with Gasteiger partial charge in [-0.2, -0.15) is 0 Å². The van der Waals surface area contributed by atoms with Crippen LogP contribution in [0.25, 0.3) is 11.1 Å². The smallest absolute Gasteiger partial charge is 0.258 e. The number of hydrogen-bond donors (Lipinski definition) is 0. The van der Waals surface area contributed by atoms with Crippen LogP contribution < -0.4 is 0 Å². The molecule has 0 aliphatic heterocycles. The van der Waals surface area contributed by atoms with Crippen molar-refractivity contribution in [2.24, 2.45) is 0 Å². The molecule has 0 aliphatic carbocycles. The number of benzene rings is 1. The minimum Gasteiger partial charge on any atom is -0.258 e. The molecule has 0 amide bonds. The van der Waals surface area contributed by atoms with Crippen LogP contribution in [-0.2, 0) is 5.41 Å². The first-order valence-corrected chi connectivity index (χ1v) is 6.50. The molecule has 1 aromatic heterocycles. The minimum atomic E-state index is -0.389. The van der Waals surface area contributed by atoms with Gasteiger partial charge in [-0.3, -0.25) is 15.1 Å². The van der Waals surface area contributed by atoms with E-state index < -0.39 is 0 Å². The average molecular weight is 270 g/mol. The molecule has 4 heteroatoms. The Bertz CT molecular complexity index is 658. The molecule has 1 heterocycles. The second kappa shape index (κ2) is 5.04. The molecule has 2 aromatic rings. The van der Waals surface area contributed by atoms with Crippen molar-refractivity contribution in [3.05, 3.63) is 57.9 Å². The highest BCUT2D eigenvalue weighted by Gasteiger charge is 2.18. The van der Waals surface area contributed by atoms with E-state index in [1.807, 2.05) is 12.1 Å². The van der Waals surface area contributed by atoms with Gasteiger partial charge in [0.25, 0.3) is 5.69 Å². The maximum Gasteiger partial charge on any atom is 0.291 e. The van der Waals surface area contributed by atoms with E-state index in [4.69, 9.17) is 0 Å². The quantitative estimate of drug-likeness (QED) is 0.605. The van der Waals surface area contributed by atoms with E-state index >= 15 is 0 Å². The zero-order valence-corrected chi connectivity index (χ0v) is 12.2. The second-order valence-electron chi connectivity index (χ2n) is 5.92. The molecule has 0 spiro atoms. The van der Waals surface area contributed by atoms with Gasteiger partial charge in [0.1, 0.15) is 6.20 Å². The lowest BCUT2D eigenvalue weighted by atomic mass is 9.85. The molecule has 104 valence electrons. The van der Waals surface area contributed by atoms with E-state index in [0.717, 1.165) is 11.1 Å². The van der Waals surface area contributed by atoms with Gasteiger partial charge in [-0.25, -0.2) is 0 Å². The van der Waals surface area contributed by atoms with Crippen LogP contribution in [0, 0.1) is 17.0 Å². The lowest BCUT2D eigenvalue weighted by Gasteiger charge is -2.20. The number of aromatic nitrogens is 1. The molecule has 0 radical (unpaired) electrons. The van der Waals surface area contributed by atoms with Crippen molar-refractivity contribution in [3.8, 4) is 11.1 Å². The van der Waals surface area contributed by atoms with Crippen molar-refractivity contribution >= 4 is 5.69 Å². The number of pyridine rings is 1. The highest BCUT2D eigenvalue weighted by molar-refractivity contribution is 5.70. The topological polar surface area (TPSA) is 56.0 Å². The van der Waals surface area contributed by atoms with Crippen LogP contribution in [0.1, 0.15) is 31.9 Å². The molecule has 0 fully saturated rings. The summed E-state index contributed by atoms with van der Waals surface area (Å²) in [5.74, 6) is 0. The summed E-state index contributed by atoms with van der Waals surface area (Å²) in [7, 11) is 0. The third kappa shape index (κ3) is 2.69. The summed E-state index contributed by atoms with van der Waals surface area (Å²) in [5.41, 5.74) is 3.72. The summed E-state index contributed by atoms with van der Waals surface area (Å²) in [6, 6.07) is 8.09. The van der Waals surface area contributed by atoms with Crippen molar-refractivity contribution < 1.29 is 4.92 Å². The highest BCUT2D eigenvalue weighted by atomic mass is 16.6. The Balaban J connectivity index is 2.58. The molecule has 0 saturated heterocycles. The van der Waals surface area contributed by atoms with Crippen molar-refractivity contribution in [1.29, 1.82) is 0 Å². The predicted octanol–water partition coefficient (Wildman–Crippen LogP) is 4.26. The maximum absolute atomic E-state index is 11.0. The van der Waals surface area contributed by atoms with Crippen molar-refractivity contribution in [2.75, 3.05) is 0 Å². The largest absolute Gasteiger partial charge is 0.291 e. The number of rotatable bonds is 2. The van der Waals surface area contributed by atoms with Crippen LogP contribution in [0.4, 0.5) is 5.69 Å². The summed E-state index contributed by atoms with van der Waals surface area (Å²) in [6.45, 7) is 8.19. The van der Waals surface area contributed by atoms with Crippen LogP contribution in [0.2, 0.25) is 0 Å². The standard InChI is InChI=1S/C16H18N2O2/c1-11-14(9-17-10-15(11)18(19)20)12-6-5-7-13(8-12)16(2,3)4/h5-10H,1-4H3. The molecule has 2 rings (SSSR count). The van der Waals surface area contributed by atoms with Crippen LogP contribution >= 0.6 is 0 Å². The molecule has 0 saturated carbocycles. The summed E-state index contributed by atoms with van der Waals surface area (Å²) in [4.78, 5) is 14.6. The van der Waals surface area contributed by atoms with Gasteiger partial charge in [0.05, 0.1) is 4.92 Å². The monoisotopic (exact) mass is 270 g/mol. The molecule has 1 aromatic carbocycles. The molecule has 0 aliphatic rings. The second-order valence-corrected chi connectivity index (χ2v) is 5.92. The van der Waals surface area contributed by atoms with Gasteiger partial charge in [0, 0.05) is 17.3 Å². The Morgan fingerprint density at radius 1 is 1.20 bits per heavy atom. The molecule has 0 unspecified atom stereocenters. The Kier molecular flexibility index (Phi) is 3.57. The lowest BCUT2D eigenvalue weighted by molar-refractivity contribution is -0.385. The van der Waals surface area contributed by atoms with E-state index in [1.54, 1.807) is 13.1 Å². The molecule has 0 N–H and O–H groups in total. The molecule has 20 heavy (non-hydrogen) atoms. The first-order valence-electron chi connectivity index (χ1n) is 6.50. The van der Waals surface area contributed by atoms with E-state index in [2.05, 4.69) is 37.9 Å². The Morgan fingerprint density at radius 2 is 1.90 bits per heavy atom. The van der Waals surface area contributed by atoms with Gasteiger partial charge in [-0.1, -0.05) is 45.0 Å². The lowest BCUT2D eigenvalue weighted by Crippen LogP contribution is -2.10. The van der Waals surface area contributed by atoms with Gasteiger partial charge in [0.2, 0.25) is 0 Å². The Morgan fingerprint density at radius 3 is 2.50 bits per heavy atom. The number of hydrogen-bond acceptors (Lipinski definition) is 3. The highest BCUT2D eigenvalue weighted by Crippen LogP contribution is 2.31. The van der Waals surface area contributed by atoms with Crippen LogP contribution in [0.3, 0.4) is 0 Å². The fourth-order valence-electron chi connectivity index (χ4n) is 2.14. The summed E-state index contributed by atoms with van der Waals surface area (Å²) < 4.78 is 0. The SMILES string of the molecule is Cc1c(-c2cccc(C(C)(C)C)c2)cncc1[N+](=O)[O-]. The molecule has 4 nitrogen and oxygen atoms in total. The molecular formula is C16H18N2O2. The Labute approximate surface area is 118 Å². The van der Waals surface area contributed by atoms with E-state index in [-0.39, 0.29) is 16.0 Å². The fraction of sp³-hybridized carbons (Fsp3) is 0.312. The van der Waals surface area contributed by atoms with Crippen molar-refractivity contribution in [3.63, 3.8) is 0 Å². The van der Waals surface area contributed by atoms with Crippen molar-refractivity contribution in [2.45, 2.75) is 33.1 Å². The van der Waals surface area contributed by atoms with E-state index in [0.29, 0.717) is 5.56 Å². The third-order valence-electron chi connectivity index (χ3n) is 3.42. The van der Waals surface area contributed by atoms with Gasteiger partial charge in [0.15, 0.2) is 0 Å². The maximum atomic E-state index is 11.0. The zero-order chi connectivity index (χ0) is 14.9. The summed E-state index contributed by atoms with van der Waals surface area (Å²) in [6.07, 6.45) is 2.98. The molecular weight excluding hydrogens is 252 g/mol. The van der Waals surface area contributed by atoms with E-state index in [1.165, 1.54) is 11.8 Å². The Hall–Kier alpha value is -2.23. The predicted molar refractivity (Wildman–Crippen MR) is 79.8 cm³/mol. The zero-order valence-electron chi connectivity index (χ0n) is 12.2. The van der Waals surface area contributed by atoms with Gasteiger partial charge >= 0.3 is 0 Å². The number of nitro groups is 1. The van der Waals surface area contributed by atoms with Gasteiger partial charge < -0.3 is 0 Å². The fourth-order valence-corrected chi connectivity index (χ4v) is 2.14. The van der Waals surface area contributed by atoms with Crippen LogP contribution in [-0.4, -0.2) is 9.91 Å². The first-order chi connectivity index (χ1) is 9.30. The summed E-state index contributed by atoms with van der Waals surface area (Å²) >= 11 is 0. The normalized spacial score (nSPS) is 11.4. The third-order valence-corrected chi connectivity index (χ3v) is 3.42. The van der Waals surface area contributed by atoms with Gasteiger partial charge in [-0.05, 0) is 23.5 Å². The minimum absolute atomic E-state index is 0.0397. The van der Waals surface area contributed by atoms with E-state index in [9.17, 15) is 10.1 Å². The van der Waals surface area contributed by atoms with Crippen LogP contribution in [0.5, 0.6) is 0 Å².